The van der Waals surface area contributed by atoms with Gasteiger partial charge in [-0.2, -0.15) is 0 Å². The first kappa shape index (κ1) is 14.7. The van der Waals surface area contributed by atoms with Gasteiger partial charge in [0.2, 0.25) is 0 Å². The summed E-state index contributed by atoms with van der Waals surface area (Å²) in [4.78, 5) is 20.8. The van der Waals surface area contributed by atoms with Gasteiger partial charge in [0.1, 0.15) is 11.5 Å². The minimum Gasteiger partial charge on any atom is -0.496 e. The Labute approximate surface area is 122 Å². The van der Waals surface area contributed by atoms with Gasteiger partial charge in [-0.1, -0.05) is 0 Å². The van der Waals surface area contributed by atoms with Crippen molar-refractivity contribution < 1.29 is 9.53 Å². The molecule has 0 spiro atoms. The van der Waals surface area contributed by atoms with Crippen molar-refractivity contribution in [1.82, 2.24) is 9.97 Å². The molecular formula is C15H18N2O2S. The van der Waals surface area contributed by atoms with Crippen molar-refractivity contribution in [3.63, 3.8) is 0 Å². The number of pyridine rings is 1. The first-order chi connectivity index (χ1) is 9.51. The van der Waals surface area contributed by atoms with Crippen molar-refractivity contribution >= 4 is 17.1 Å². The summed E-state index contributed by atoms with van der Waals surface area (Å²) >= 11 is 1.56. The third kappa shape index (κ3) is 3.22. The molecule has 0 amide bonds. The largest absolute Gasteiger partial charge is 0.496 e. The fourth-order valence-corrected chi connectivity index (χ4v) is 2.80. The van der Waals surface area contributed by atoms with Crippen LogP contribution in [-0.2, 0) is 17.6 Å². The Morgan fingerprint density at radius 3 is 2.65 bits per heavy atom. The van der Waals surface area contributed by atoms with Gasteiger partial charge < -0.3 is 4.74 Å². The van der Waals surface area contributed by atoms with Gasteiger partial charge in [0.25, 0.3) is 0 Å². The monoisotopic (exact) mass is 290 g/mol. The van der Waals surface area contributed by atoms with Crippen molar-refractivity contribution in [2.24, 2.45) is 0 Å². The van der Waals surface area contributed by atoms with Crippen LogP contribution in [0.3, 0.4) is 0 Å². The molecule has 2 aromatic rings. The molecule has 0 unspecified atom stereocenters. The molecule has 4 nitrogen and oxygen atoms in total. The SMILES string of the molecule is COc1c(C)cnc(CC(=O)Cc2csc(C)n2)c1C. The molecule has 20 heavy (non-hydrogen) atoms. The summed E-state index contributed by atoms with van der Waals surface area (Å²) in [6, 6.07) is 0. The summed E-state index contributed by atoms with van der Waals surface area (Å²) in [5.41, 5.74) is 3.55. The van der Waals surface area contributed by atoms with E-state index in [4.69, 9.17) is 4.74 Å². The molecule has 0 aliphatic carbocycles. The molecule has 0 bridgehead atoms. The smallest absolute Gasteiger partial charge is 0.144 e. The van der Waals surface area contributed by atoms with E-state index in [0.29, 0.717) is 12.8 Å². The molecule has 0 fully saturated rings. The maximum absolute atomic E-state index is 12.1. The summed E-state index contributed by atoms with van der Waals surface area (Å²) in [7, 11) is 1.64. The predicted octanol–water partition coefficient (Wildman–Crippen LogP) is 2.83. The molecule has 0 saturated heterocycles. The molecule has 106 valence electrons. The fraction of sp³-hybridized carbons (Fsp3) is 0.400. The van der Waals surface area contributed by atoms with Gasteiger partial charge >= 0.3 is 0 Å². The average Bonchev–Trinajstić information content (AvgIpc) is 2.79. The van der Waals surface area contributed by atoms with Crippen LogP contribution in [0, 0.1) is 20.8 Å². The topological polar surface area (TPSA) is 52.1 Å². The number of nitrogens with zero attached hydrogens (tertiary/aromatic N) is 2. The summed E-state index contributed by atoms with van der Waals surface area (Å²) < 4.78 is 5.36. The molecule has 0 aliphatic rings. The van der Waals surface area contributed by atoms with Crippen LogP contribution in [0.1, 0.15) is 27.5 Å². The molecule has 2 heterocycles. The number of aryl methyl sites for hydroxylation is 2. The maximum Gasteiger partial charge on any atom is 0.144 e. The van der Waals surface area contributed by atoms with Gasteiger partial charge in [-0.15, -0.1) is 11.3 Å². The van der Waals surface area contributed by atoms with Gasteiger partial charge in [0.05, 0.1) is 23.5 Å². The van der Waals surface area contributed by atoms with Crippen molar-refractivity contribution in [2.75, 3.05) is 7.11 Å². The lowest BCUT2D eigenvalue weighted by Gasteiger charge is -2.11. The number of hydrogen-bond donors (Lipinski definition) is 0. The van der Waals surface area contributed by atoms with E-state index in [1.807, 2.05) is 26.2 Å². The van der Waals surface area contributed by atoms with E-state index in [2.05, 4.69) is 9.97 Å². The summed E-state index contributed by atoms with van der Waals surface area (Å²) in [5.74, 6) is 0.934. The van der Waals surface area contributed by atoms with Gasteiger partial charge in [0, 0.05) is 35.5 Å². The van der Waals surface area contributed by atoms with Crippen molar-refractivity contribution in [3.8, 4) is 5.75 Å². The standard InChI is InChI=1S/C15H18N2O2S/c1-9-7-16-14(10(2)15(9)19-4)6-13(18)5-12-8-20-11(3)17-12/h7-8H,5-6H2,1-4H3. The van der Waals surface area contributed by atoms with Crippen LogP contribution in [0.5, 0.6) is 5.75 Å². The van der Waals surface area contributed by atoms with Crippen molar-refractivity contribution in [1.29, 1.82) is 0 Å². The van der Waals surface area contributed by atoms with Crippen molar-refractivity contribution in [2.45, 2.75) is 33.6 Å². The zero-order valence-corrected chi connectivity index (χ0v) is 13.0. The number of carbonyl (C=O) groups is 1. The number of ketones is 1. The normalized spacial score (nSPS) is 10.6. The Bertz CT molecular complexity index is 635. The molecule has 0 aromatic carbocycles. The van der Waals surface area contributed by atoms with Gasteiger partial charge in [-0.25, -0.2) is 4.98 Å². The van der Waals surface area contributed by atoms with E-state index in [1.165, 1.54) is 0 Å². The molecule has 2 rings (SSSR count). The fourth-order valence-electron chi connectivity index (χ4n) is 2.19. The Kier molecular flexibility index (Phi) is 4.49. The summed E-state index contributed by atoms with van der Waals surface area (Å²) in [6.07, 6.45) is 2.43. The lowest BCUT2D eigenvalue weighted by atomic mass is 10.0. The Balaban J connectivity index is 2.12. The quantitative estimate of drug-likeness (QED) is 0.849. The average molecular weight is 290 g/mol. The van der Waals surface area contributed by atoms with E-state index in [1.54, 1.807) is 24.6 Å². The number of rotatable bonds is 5. The van der Waals surface area contributed by atoms with Crippen LogP contribution in [0.2, 0.25) is 0 Å². The van der Waals surface area contributed by atoms with Crippen molar-refractivity contribution in [3.05, 3.63) is 39.1 Å². The number of methoxy groups -OCH3 is 1. The first-order valence-corrected chi connectivity index (χ1v) is 7.31. The van der Waals surface area contributed by atoms with Crippen LogP contribution in [0.4, 0.5) is 0 Å². The Morgan fingerprint density at radius 1 is 1.30 bits per heavy atom. The molecule has 0 N–H and O–H groups in total. The van der Waals surface area contributed by atoms with Crippen LogP contribution in [0.15, 0.2) is 11.6 Å². The van der Waals surface area contributed by atoms with Crippen LogP contribution < -0.4 is 4.74 Å². The number of thiazole rings is 1. The number of ether oxygens (including phenoxy) is 1. The van der Waals surface area contributed by atoms with Crippen LogP contribution in [0.25, 0.3) is 0 Å². The van der Waals surface area contributed by atoms with E-state index in [-0.39, 0.29) is 5.78 Å². The van der Waals surface area contributed by atoms with Crippen LogP contribution in [-0.4, -0.2) is 22.9 Å². The minimum absolute atomic E-state index is 0.122. The van der Waals surface area contributed by atoms with Gasteiger partial charge in [-0.3, -0.25) is 9.78 Å². The molecule has 0 radical (unpaired) electrons. The zero-order valence-electron chi connectivity index (χ0n) is 12.2. The Morgan fingerprint density at radius 2 is 2.05 bits per heavy atom. The van der Waals surface area contributed by atoms with E-state index in [9.17, 15) is 4.79 Å². The van der Waals surface area contributed by atoms with E-state index >= 15 is 0 Å². The highest BCUT2D eigenvalue weighted by molar-refractivity contribution is 7.09. The molecule has 0 atom stereocenters. The first-order valence-electron chi connectivity index (χ1n) is 6.43. The van der Waals surface area contributed by atoms with E-state index in [0.717, 1.165) is 33.3 Å². The van der Waals surface area contributed by atoms with Gasteiger partial charge in [0.15, 0.2) is 0 Å². The van der Waals surface area contributed by atoms with Gasteiger partial charge in [-0.05, 0) is 20.8 Å². The second-order valence-corrected chi connectivity index (χ2v) is 5.86. The lowest BCUT2D eigenvalue weighted by Crippen LogP contribution is -2.10. The molecule has 0 saturated carbocycles. The molecule has 2 aromatic heterocycles. The second-order valence-electron chi connectivity index (χ2n) is 4.80. The highest BCUT2D eigenvalue weighted by atomic mass is 32.1. The number of Topliss-reactive ketones (excluding diaryl/α,β-unsaturated/α-hetero) is 1. The third-order valence-corrected chi connectivity index (χ3v) is 3.98. The second kappa shape index (κ2) is 6.13. The minimum atomic E-state index is 0.122. The molecule has 5 heteroatoms. The summed E-state index contributed by atoms with van der Waals surface area (Å²) in [6.45, 7) is 5.83. The maximum atomic E-state index is 12.1. The molecule has 0 aliphatic heterocycles. The highest BCUT2D eigenvalue weighted by Gasteiger charge is 2.14. The highest BCUT2D eigenvalue weighted by Crippen LogP contribution is 2.24. The number of hydrogen-bond acceptors (Lipinski definition) is 5. The number of aromatic nitrogens is 2. The van der Waals surface area contributed by atoms with E-state index < -0.39 is 0 Å². The number of carbonyl (C=O) groups excluding carboxylic acids is 1. The lowest BCUT2D eigenvalue weighted by molar-refractivity contribution is -0.117. The zero-order chi connectivity index (χ0) is 14.7. The van der Waals surface area contributed by atoms with Crippen LogP contribution >= 0.6 is 11.3 Å². The molecular weight excluding hydrogens is 272 g/mol. The summed E-state index contributed by atoms with van der Waals surface area (Å²) in [5, 5.41) is 2.92. The Hall–Kier alpha value is -1.75. The predicted molar refractivity (Wildman–Crippen MR) is 79.5 cm³/mol. The third-order valence-electron chi connectivity index (χ3n) is 3.16.